The van der Waals surface area contributed by atoms with Gasteiger partial charge < -0.3 is 15.3 Å². The number of benzene rings is 1. The predicted molar refractivity (Wildman–Crippen MR) is 58.9 cm³/mol. The van der Waals surface area contributed by atoms with Crippen molar-refractivity contribution in [2.45, 2.75) is 12.5 Å². The van der Waals surface area contributed by atoms with Crippen LogP contribution in [-0.2, 0) is 16.0 Å². The fourth-order valence-corrected chi connectivity index (χ4v) is 1.33. The van der Waals surface area contributed by atoms with Gasteiger partial charge in [-0.3, -0.25) is 14.9 Å². The molecule has 17 heavy (non-hydrogen) atoms. The Morgan fingerprint density at radius 2 is 1.76 bits per heavy atom. The van der Waals surface area contributed by atoms with E-state index >= 15 is 0 Å². The zero-order valence-electron chi connectivity index (χ0n) is 8.96. The molecule has 92 valence electrons. The van der Waals surface area contributed by atoms with Crippen LogP contribution in [-0.4, -0.2) is 39.8 Å². The molecule has 6 nitrogen and oxygen atoms in total. The molecule has 0 aliphatic carbocycles. The third-order valence-corrected chi connectivity index (χ3v) is 2.17. The van der Waals surface area contributed by atoms with Gasteiger partial charge in [0, 0.05) is 0 Å². The van der Waals surface area contributed by atoms with Crippen LogP contribution in [0.3, 0.4) is 0 Å². The second-order valence-electron chi connectivity index (χ2n) is 3.54. The highest BCUT2D eigenvalue weighted by atomic mass is 16.4. The zero-order chi connectivity index (χ0) is 12.8. The molecular formula is C11H13NO5. The van der Waals surface area contributed by atoms with Gasteiger partial charge in [0.1, 0.15) is 11.8 Å². The molecule has 0 heterocycles. The Morgan fingerprint density at radius 3 is 2.24 bits per heavy atom. The van der Waals surface area contributed by atoms with Crippen LogP contribution >= 0.6 is 0 Å². The van der Waals surface area contributed by atoms with Crippen molar-refractivity contribution in [3.05, 3.63) is 29.8 Å². The summed E-state index contributed by atoms with van der Waals surface area (Å²) in [6.07, 6.45) is 0.156. The van der Waals surface area contributed by atoms with Gasteiger partial charge in [-0.1, -0.05) is 12.1 Å². The third kappa shape index (κ3) is 4.52. The second kappa shape index (κ2) is 5.86. The van der Waals surface area contributed by atoms with Crippen LogP contribution < -0.4 is 5.32 Å². The molecule has 1 aromatic carbocycles. The van der Waals surface area contributed by atoms with E-state index in [1.165, 1.54) is 12.1 Å². The average Bonchev–Trinajstić information content (AvgIpc) is 2.26. The number of hydrogen-bond acceptors (Lipinski definition) is 4. The van der Waals surface area contributed by atoms with Crippen LogP contribution in [0.15, 0.2) is 24.3 Å². The van der Waals surface area contributed by atoms with E-state index in [0.717, 1.165) is 0 Å². The minimum atomic E-state index is -1.11. The molecule has 0 saturated heterocycles. The highest BCUT2D eigenvalue weighted by Crippen LogP contribution is 2.11. The van der Waals surface area contributed by atoms with Crippen molar-refractivity contribution in [1.82, 2.24) is 5.32 Å². The number of carbonyl (C=O) groups is 2. The van der Waals surface area contributed by atoms with Gasteiger partial charge in [-0.15, -0.1) is 0 Å². The van der Waals surface area contributed by atoms with E-state index in [4.69, 9.17) is 15.3 Å². The minimum absolute atomic E-state index is 0.0964. The van der Waals surface area contributed by atoms with Crippen molar-refractivity contribution in [3.8, 4) is 5.75 Å². The Labute approximate surface area is 97.5 Å². The van der Waals surface area contributed by atoms with Crippen LogP contribution in [0, 0.1) is 0 Å². The number of carboxylic acid groups (broad SMARTS) is 2. The molecule has 0 saturated carbocycles. The summed E-state index contributed by atoms with van der Waals surface area (Å²) in [5.41, 5.74) is 0.702. The lowest BCUT2D eigenvalue weighted by molar-refractivity contribution is -0.140. The first kappa shape index (κ1) is 13.0. The van der Waals surface area contributed by atoms with E-state index in [0.29, 0.717) is 5.56 Å². The van der Waals surface area contributed by atoms with Gasteiger partial charge >= 0.3 is 11.9 Å². The molecule has 0 fully saturated rings. The summed E-state index contributed by atoms with van der Waals surface area (Å²) < 4.78 is 0. The number of carboxylic acids is 2. The molecule has 0 aliphatic heterocycles. The molecule has 1 unspecified atom stereocenters. The summed E-state index contributed by atoms with van der Waals surface area (Å²) in [7, 11) is 0. The second-order valence-corrected chi connectivity index (χ2v) is 3.54. The van der Waals surface area contributed by atoms with E-state index in [2.05, 4.69) is 5.32 Å². The minimum Gasteiger partial charge on any atom is -0.508 e. The molecule has 0 bridgehead atoms. The number of aromatic hydroxyl groups is 1. The fourth-order valence-electron chi connectivity index (χ4n) is 1.33. The number of aliphatic carboxylic acids is 2. The SMILES string of the molecule is O=C(O)CNC(Cc1ccc(O)cc1)C(=O)O. The molecule has 1 atom stereocenters. The van der Waals surface area contributed by atoms with E-state index < -0.39 is 24.5 Å². The summed E-state index contributed by atoms with van der Waals surface area (Å²) >= 11 is 0. The highest BCUT2D eigenvalue weighted by molar-refractivity contribution is 5.75. The van der Waals surface area contributed by atoms with Crippen molar-refractivity contribution in [2.75, 3.05) is 6.54 Å². The number of phenolic OH excluding ortho intramolecular Hbond substituents is 1. The van der Waals surface area contributed by atoms with Crippen LogP contribution in [0.2, 0.25) is 0 Å². The first-order valence-corrected chi connectivity index (χ1v) is 4.95. The number of hydrogen-bond donors (Lipinski definition) is 4. The van der Waals surface area contributed by atoms with Crippen LogP contribution in [0.5, 0.6) is 5.75 Å². The van der Waals surface area contributed by atoms with Crippen molar-refractivity contribution in [3.63, 3.8) is 0 Å². The smallest absolute Gasteiger partial charge is 0.321 e. The normalized spacial score (nSPS) is 12.0. The first-order chi connectivity index (χ1) is 7.99. The van der Waals surface area contributed by atoms with Gasteiger partial charge in [0.15, 0.2) is 0 Å². The molecule has 0 aromatic heterocycles. The number of nitrogens with one attached hydrogen (secondary N) is 1. The van der Waals surface area contributed by atoms with Crippen molar-refractivity contribution >= 4 is 11.9 Å². The monoisotopic (exact) mass is 239 g/mol. The lowest BCUT2D eigenvalue weighted by Gasteiger charge is -2.12. The van der Waals surface area contributed by atoms with Crippen molar-refractivity contribution in [2.24, 2.45) is 0 Å². The van der Waals surface area contributed by atoms with E-state index in [1.54, 1.807) is 12.1 Å². The van der Waals surface area contributed by atoms with Crippen molar-refractivity contribution in [1.29, 1.82) is 0 Å². The predicted octanol–water partition coefficient (Wildman–Crippen LogP) is 0.0621. The topological polar surface area (TPSA) is 107 Å². The Morgan fingerprint density at radius 1 is 1.18 bits per heavy atom. The van der Waals surface area contributed by atoms with Gasteiger partial charge in [-0.05, 0) is 24.1 Å². The maximum atomic E-state index is 10.9. The fraction of sp³-hybridized carbons (Fsp3) is 0.273. The largest absolute Gasteiger partial charge is 0.508 e. The molecule has 6 heteroatoms. The van der Waals surface area contributed by atoms with E-state index in [-0.39, 0.29) is 12.2 Å². The van der Waals surface area contributed by atoms with E-state index in [9.17, 15) is 9.59 Å². The average molecular weight is 239 g/mol. The number of rotatable bonds is 6. The Bertz CT molecular complexity index is 401. The van der Waals surface area contributed by atoms with Gasteiger partial charge in [-0.2, -0.15) is 0 Å². The molecular weight excluding hydrogens is 226 g/mol. The molecule has 4 N–H and O–H groups in total. The molecule has 0 aliphatic rings. The van der Waals surface area contributed by atoms with Crippen LogP contribution in [0.25, 0.3) is 0 Å². The molecule has 0 radical (unpaired) electrons. The summed E-state index contributed by atoms with van der Waals surface area (Å²) in [5, 5.41) is 28.8. The Hall–Kier alpha value is -2.08. The molecule has 0 spiro atoms. The van der Waals surface area contributed by atoms with Crippen LogP contribution in [0.1, 0.15) is 5.56 Å². The molecule has 1 aromatic rings. The highest BCUT2D eigenvalue weighted by Gasteiger charge is 2.18. The maximum Gasteiger partial charge on any atom is 0.321 e. The summed E-state index contributed by atoms with van der Waals surface area (Å²) in [4.78, 5) is 21.2. The van der Waals surface area contributed by atoms with Gasteiger partial charge in [0.25, 0.3) is 0 Å². The van der Waals surface area contributed by atoms with E-state index in [1.807, 2.05) is 0 Å². The van der Waals surface area contributed by atoms with Crippen LogP contribution in [0.4, 0.5) is 0 Å². The number of phenols is 1. The van der Waals surface area contributed by atoms with Gasteiger partial charge in [-0.25, -0.2) is 0 Å². The van der Waals surface area contributed by atoms with Gasteiger partial charge in [0.05, 0.1) is 6.54 Å². The lowest BCUT2D eigenvalue weighted by atomic mass is 10.1. The summed E-state index contributed by atoms with van der Waals surface area (Å²) in [5.74, 6) is -2.12. The maximum absolute atomic E-state index is 10.9. The first-order valence-electron chi connectivity index (χ1n) is 4.95. The Balaban J connectivity index is 2.63. The molecule has 1 rings (SSSR count). The van der Waals surface area contributed by atoms with Gasteiger partial charge in [0.2, 0.25) is 0 Å². The standard InChI is InChI=1S/C11H13NO5/c13-8-3-1-7(2-4-8)5-9(11(16)17)12-6-10(14)15/h1-4,9,12-13H,5-6H2,(H,14,15)(H,16,17). The lowest BCUT2D eigenvalue weighted by Crippen LogP contribution is -2.41. The summed E-state index contributed by atoms with van der Waals surface area (Å²) in [6, 6.07) is 5.12. The molecule has 0 amide bonds. The Kier molecular flexibility index (Phi) is 4.47. The summed E-state index contributed by atoms with van der Waals surface area (Å²) in [6.45, 7) is -0.408. The quantitative estimate of drug-likeness (QED) is 0.559. The third-order valence-electron chi connectivity index (χ3n) is 2.17. The van der Waals surface area contributed by atoms with Crippen molar-refractivity contribution < 1.29 is 24.9 Å². The zero-order valence-corrected chi connectivity index (χ0v) is 8.96.